The lowest BCUT2D eigenvalue weighted by molar-refractivity contribution is 0.675. The van der Waals surface area contributed by atoms with E-state index in [0.29, 0.717) is 11.8 Å². The van der Waals surface area contributed by atoms with Gasteiger partial charge in [-0.25, -0.2) is 0 Å². The first-order chi connectivity index (χ1) is 9.29. The van der Waals surface area contributed by atoms with E-state index < -0.39 is 0 Å². The zero-order valence-corrected chi connectivity index (χ0v) is 11.9. The highest BCUT2D eigenvalue weighted by molar-refractivity contribution is 7.80. The van der Waals surface area contributed by atoms with Crippen LogP contribution in [0.4, 0.5) is 0 Å². The van der Waals surface area contributed by atoms with E-state index >= 15 is 0 Å². The van der Waals surface area contributed by atoms with E-state index in [1.54, 1.807) is 5.57 Å². The van der Waals surface area contributed by atoms with E-state index in [0.717, 1.165) is 6.42 Å². The zero-order chi connectivity index (χ0) is 12.8. The Labute approximate surface area is 120 Å². The molecule has 2 fully saturated rings. The summed E-state index contributed by atoms with van der Waals surface area (Å²) in [5.41, 5.74) is 6.01. The highest BCUT2D eigenvalue weighted by Gasteiger charge is 2.35. The average molecular weight is 266 g/mol. The summed E-state index contributed by atoms with van der Waals surface area (Å²) < 4.78 is 0. The SMILES string of the molecule is S=C1C2CCC1CC(=CC1=Cc3ccccc3C1)C2. The fraction of sp³-hybridized carbons (Fsp3) is 0.389. The number of hydrogen-bond donors (Lipinski definition) is 0. The van der Waals surface area contributed by atoms with Gasteiger partial charge >= 0.3 is 0 Å². The van der Waals surface area contributed by atoms with Crippen LogP contribution in [0.15, 0.2) is 41.5 Å². The second kappa shape index (κ2) is 4.42. The summed E-state index contributed by atoms with van der Waals surface area (Å²) in [4.78, 5) is 1.38. The van der Waals surface area contributed by atoms with Crippen LogP contribution in [0, 0.1) is 11.8 Å². The standard InChI is InChI=1S/C18H18S/c19-18-16-5-6-17(18)11-13(10-16)7-12-8-14-3-1-2-4-15(14)9-12/h1-4,7-8,16-17H,5-6,9-11H2. The van der Waals surface area contributed by atoms with E-state index in [2.05, 4.69) is 36.4 Å². The predicted molar refractivity (Wildman–Crippen MR) is 84.3 cm³/mol. The Morgan fingerprint density at radius 1 is 1.05 bits per heavy atom. The summed E-state index contributed by atoms with van der Waals surface area (Å²) in [6.07, 6.45) is 11.1. The van der Waals surface area contributed by atoms with Crippen LogP contribution in [-0.4, -0.2) is 4.86 Å². The van der Waals surface area contributed by atoms with Crippen molar-refractivity contribution in [3.05, 3.63) is 52.6 Å². The molecule has 2 bridgehead atoms. The van der Waals surface area contributed by atoms with Crippen LogP contribution in [-0.2, 0) is 6.42 Å². The van der Waals surface area contributed by atoms with Crippen molar-refractivity contribution < 1.29 is 0 Å². The Balaban J connectivity index is 1.57. The molecule has 0 radical (unpaired) electrons. The lowest BCUT2D eigenvalue weighted by atomic mass is 9.84. The molecule has 1 heteroatoms. The van der Waals surface area contributed by atoms with Crippen molar-refractivity contribution in [1.29, 1.82) is 0 Å². The predicted octanol–water partition coefficient (Wildman–Crippen LogP) is 4.74. The van der Waals surface area contributed by atoms with Gasteiger partial charge in [-0.3, -0.25) is 0 Å². The molecule has 0 heterocycles. The summed E-state index contributed by atoms with van der Waals surface area (Å²) in [6.45, 7) is 0. The Hall–Kier alpha value is -1.21. The molecule has 19 heavy (non-hydrogen) atoms. The first kappa shape index (κ1) is 11.6. The van der Waals surface area contributed by atoms with Gasteiger partial charge in [0.1, 0.15) is 0 Å². The molecule has 96 valence electrons. The molecule has 0 spiro atoms. The first-order valence-corrected chi connectivity index (χ1v) is 7.72. The van der Waals surface area contributed by atoms with Gasteiger partial charge in [0.25, 0.3) is 0 Å². The van der Waals surface area contributed by atoms with Crippen LogP contribution >= 0.6 is 12.2 Å². The van der Waals surface area contributed by atoms with Crippen molar-refractivity contribution in [3.8, 4) is 0 Å². The Kier molecular flexibility index (Phi) is 2.70. The molecule has 0 aromatic heterocycles. The summed E-state index contributed by atoms with van der Waals surface area (Å²) in [5, 5.41) is 0. The Morgan fingerprint density at radius 3 is 2.53 bits per heavy atom. The van der Waals surface area contributed by atoms with Gasteiger partial charge in [0.05, 0.1) is 0 Å². The highest BCUT2D eigenvalue weighted by Crippen LogP contribution is 2.43. The van der Waals surface area contributed by atoms with Gasteiger partial charge in [-0.15, -0.1) is 0 Å². The van der Waals surface area contributed by atoms with Crippen molar-refractivity contribution in [2.24, 2.45) is 11.8 Å². The van der Waals surface area contributed by atoms with Gasteiger partial charge in [0, 0.05) is 0 Å². The second-order valence-electron chi connectivity index (χ2n) is 6.18. The fourth-order valence-corrected chi connectivity index (χ4v) is 4.32. The van der Waals surface area contributed by atoms with Crippen molar-refractivity contribution in [2.45, 2.75) is 32.1 Å². The molecule has 1 aromatic rings. The van der Waals surface area contributed by atoms with Gasteiger partial charge in [0.15, 0.2) is 0 Å². The van der Waals surface area contributed by atoms with E-state index in [4.69, 9.17) is 12.2 Å². The number of rotatable bonds is 1. The number of allylic oxidation sites excluding steroid dienone is 3. The van der Waals surface area contributed by atoms with E-state index in [-0.39, 0.29) is 0 Å². The molecular weight excluding hydrogens is 248 g/mol. The molecule has 4 rings (SSSR count). The van der Waals surface area contributed by atoms with Crippen LogP contribution in [0.5, 0.6) is 0 Å². The highest BCUT2D eigenvalue weighted by atomic mass is 32.1. The molecular formula is C18H18S. The first-order valence-electron chi connectivity index (χ1n) is 7.31. The molecule has 2 unspecified atom stereocenters. The van der Waals surface area contributed by atoms with Crippen LogP contribution in [0.2, 0.25) is 0 Å². The Morgan fingerprint density at radius 2 is 1.79 bits per heavy atom. The van der Waals surface area contributed by atoms with Crippen molar-refractivity contribution in [1.82, 2.24) is 0 Å². The maximum atomic E-state index is 5.56. The molecule has 2 saturated carbocycles. The Bertz CT molecular complexity index is 588. The van der Waals surface area contributed by atoms with Crippen LogP contribution in [0.3, 0.4) is 0 Å². The summed E-state index contributed by atoms with van der Waals surface area (Å²) in [5.74, 6) is 1.42. The minimum Gasteiger partial charge on any atom is -0.0891 e. The lowest BCUT2D eigenvalue weighted by Gasteiger charge is -2.23. The third-order valence-electron chi connectivity index (χ3n) is 4.87. The van der Waals surface area contributed by atoms with Gasteiger partial charge < -0.3 is 0 Å². The monoisotopic (exact) mass is 266 g/mol. The largest absolute Gasteiger partial charge is 0.0891 e. The number of benzene rings is 1. The fourth-order valence-electron chi connectivity index (χ4n) is 3.92. The average Bonchev–Trinajstić information content (AvgIpc) is 2.87. The molecule has 0 nitrogen and oxygen atoms in total. The molecule has 0 amide bonds. The van der Waals surface area contributed by atoms with Crippen LogP contribution in [0.25, 0.3) is 6.08 Å². The summed E-state index contributed by atoms with van der Waals surface area (Å²) in [6, 6.07) is 8.74. The third-order valence-corrected chi connectivity index (χ3v) is 5.53. The van der Waals surface area contributed by atoms with Gasteiger partial charge in [-0.1, -0.05) is 54.2 Å². The van der Waals surface area contributed by atoms with E-state index in [1.807, 2.05) is 0 Å². The maximum absolute atomic E-state index is 5.56. The third kappa shape index (κ3) is 2.01. The minimum absolute atomic E-state index is 0.712. The molecule has 0 N–H and O–H groups in total. The van der Waals surface area contributed by atoms with Gasteiger partial charge in [-0.2, -0.15) is 0 Å². The molecule has 3 aliphatic rings. The van der Waals surface area contributed by atoms with Crippen molar-refractivity contribution >= 4 is 23.2 Å². The molecule has 2 atom stereocenters. The molecule has 1 aromatic carbocycles. The van der Waals surface area contributed by atoms with Gasteiger partial charge in [-0.05, 0) is 65.5 Å². The number of fused-ring (bicyclic) bond motifs is 3. The second-order valence-corrected chi connectivity index (χ2v) is 6.65. The van der Waals surface area contributed by atoms with Crippen LogP contribution < -0.4 is 0 Å². The van der Waals surface area contributed by atoms with Crippen molar-refractivity contribution in [2.75, 3.05) is 0 Å². The number of hydrogen-bond acceptors (Lipinski definition) is 1. The van der Waals surface area contributed by atoms with Crippen LogP contribution in [0.1, 0.15) is 36.8 Å². The quantitative estimate of drug-likeness (QED) is 0.661. The minimum atomic E-state index is 0.712. The normalized spacial score (nSPS) is 28.3. The smallest absolute Gasteiger partial charge is 0.000331 e. The molecule has 3 aliphatic carbocycles. The van der Waals surface area contributed by atoms with Crippen molar-refractivity contribution in [3.63, 3.8) is 0 Å². The van der Waals surface area contributed by atoms with Gasteiger partial charge in [0.2, 0.25) is 0 Å². The maximum Gasteiger partial charge on any atom is -0.000331 e. The zero-order valence-electron chi connectivity index (χ0n) is 11.1. The lowest BCUT2D eigenvalue weighted by Crippen LogP contribution is -2.19. The number of thiocarbonyl (C=S) groups is 1. The summed E-state index contributed by atoms with van der Waals surface area (Å²) >= 11 is 5.56. The van der Waals surface area contributed by atoms with E-state index in [1.165, 1.54) is 47.2 Å². The topological polar surface area (TPSA) is 0 Å². The molecule has 0 aliphatic heterocycles. The van der Waals surface area contributed by atoms with E-state index in [9.17, 15) is 0 Å². The molecule has 0 saturated heterocycles. The summed E-state index contributed by atoms with van der Waals surface area (Å²) in [7, 11) is 0.